The van der Waals surface area contributed by atoms with Crippen molar-refractivity contribution in [3.63, 3.8) is 0 Å². The molecule has 0 rings (SSSR count). The summed E-state index contributed by atoms with van der Waals surface area (Å²) in [7, 11) is 1.53. The van der Waals surface area contributed by atoms with E-state index in [9.17, 15) is 4.79 Å². The zero-order valence-corrected chi connectivity index (χ0v) is 5.81. The fourth-order valence-corrected chi connectivity index (χ4v) is 0.301. The van der Waals surface area contributed by atoms with Crippen LogP contribution in [0.1, 0.15) is 13.3 Å². The quantitative estimate of drug-likeness (QED) is 0.604. The molecule has 3 nitrogen and oxygen atoms in total. The molecule has 1 N–H and O–H groups in total. The average molecular weight is 130 g/mol. The van der Waals surface area contributed by atoms with Crippen LogP contribution < -0.4 is 5.32 Å². The molecule has 0 fully saturated rings. The molecule has 9 heavy (non-hydrogen) atoms. The Kier molecular flexibility index (Phi) is 3.84. The van der Waals surface area contributed by atoms with Crippen LogP contribution in [0.3, 0.4) is 0 Å². The molecular formula is C6H12NO2. The van der Waals surface area contributed by atoms with E-state index in [1.54, 1.807) is 6.92 Å². The van der Waals surface area contributed by atoms with Crippen LogP contribution in [-0.2, 0) is 4.74 Å². The van der Waals surface area contributed by atoms with Gasteiger partial charge in [0.05, 0.1) is 0 Å². The molecule has 0 aliphatic carbocycles. The molecule has 0 aromatic carbocycles. The molecule has 0 aliphatic heterocycles. The van der Waals surface area contributed by atoms with Gasteiger partial charge in [0.25, 0.3) is 0 Å². The monoisotopic (exact) mass is 130 g/mol. The summed E-state index contributed by atoms with van der Waals surface area (Å²) in [5.41, 5.74) is 0. The highest BCUT2D eigenvalue weighted by Gasteiger charge is 2.02. The third-order valence-corrected chi connectivity index (χ3v) is 0.919. The number of carbonyl (C=O) groups is 1. The van der Waals surface area contributed by atoms with Crippen molar-refractivity contribution in [1.29, 1.82) is 0 Å². The zero-order chi connectivity index (χ0) is 7.28. The van der Waals surface area contributed by atoms with Crippen molar-refractivity contribution >= 4 is 6.09 Å². The molecular weight excluding hydrogens is 118 g/mol. The number of alkyl carbamates (subject to hydrolysis) is 1. The maximum Gasteiger partial charge on any atom is 0.407 e. The molecule has 0 saturated carbocycles. The van der Waals surface area contributed by atoms with Gasteiger partial charge in [-0.1, -0.05) is 0 Å². The number of ether oxygens (including phenoxy) is 1. The van der Waals surface area contributed by atoms with Crippen LogP contribution in [0.4, 0.5) is 4.79 Å². The maximum absolute atomic E-state index is 10.4. The molecule has 1 atom stereocenters. The second-order valence-corrected chi connectivity index (χ2v) is 1.75. The van der Waals surface area contributed by atoms with Crippen LogP contribution in [-0.4, -0.2) is 19.2 Å². The first kappa shape index (κ1) is 8.27. The van der Waals surface area contributed by atoms with Gasteiger partial charge in [-0.15, -0.1) is 0 Å². The van der Waals surface area contributed by atoms with Crippen LogP contribution in [0.25, 0.3) is 0 Å². The minimum absolute atomic E-state index is 0.0926. The number of nitrogens with one attached hydrogen (secondary N) is 1. The van der Waals surface area contributed by atoms with Crippen LogP contribution in [0.5, 0.6) is 0 Å². The third kappa shape index (κ3) is 3.82. The summed E-state index contributed by atoms with van der Waals surface area (Å²) in [4.78, 5) is 10.4. The lowest BCUT2D eigenvalue weighted by molar-refractivity contribution is 0.110. The second-order valence-electron chi connectivity index (χ2n) is 1.75. The summed E-state index contributed by atoms with van der Waals surface area (Å²) in [6.45, 7) is 5.36. The maximum atomic E-state index is 10.4. The van der Waals surface area contributed by atoms with Gasteiger partial charge in [0.15, 0.2) is 0 Å². The standard InChI is InChI=1S/C6H12NO2/c1-4-5(2)9-6(8)7-3/h5H,1,4H2,2-3H3,(H,7,8). The largest absolute Gasteiger partial charge is 0.447 e. The fourth-order valence-electron chi connectivity index (χ4n) is 0.301. The lowest BCUT2D eigenvalue weighted by Crippen LogP contribution is -2.23. The summed E-state index contributed by atoms with van der Waals surface area (Å²) >= 11 is 0. The lowest BCUT2D eigenvalue weighted by Gasteiger charge is -2.08. The Morgan fingerprint density at radius 3 is 2.78 bits per heavy atom. The van der Waals surface area contributed by atoms with E-state index in [1.165, 1.54) is 7.05 Å². The van der Waals surface area contributed by atoms with Gasteiger partial charge < -0.3 is 10.1 Å². The molecule has 0 spiro atoms. The van der Waals surface area contributed by atoms with Crippen molar-refractivity contribution in [1.82, 2.24) is 5.32 Å². The molecule has 0 bridgehead atoms. The van der Waals surface area contributed by atoms with E-state index in [2.05, 4.69) is 12.2 Å². The number of carbonyl (C=O) groups excluding carboxylic acids is 1. The third-order valence-electron chi connectivity index (χ3n) is 0.919. The predicted octanol–water partition coefficient (Wildman–Crippen LogP) is 0.955. The molecule has 1 unspecified atom stereocenters. The molecule has 0 aromatic rings. The Morgan fingerprint density at radius 2 is 2.44 bits per heavy atom. The van der Waals surface area contributed by atoms with Gasteiger partial charge in [-0.05, 0) is 20.3 Å². The fraction of sp³-hybridized carbons (Fsp3) is 0.667. The van der Waals surface area contributed by atoms with E-state index in [-0.39, 0.29) is 6.10 Å². The number of amides is 1. The summed E-state index contributed by atoms with van der Waals surface area (Å²) in [6, 6.07) is 0. The van der Waals surface area contributed by atoms with Crippen LogP contribution in [0, 0.1) is 6.92 Å². The average Bonchev–Trinajstić information content (AvgIpc) is 1.87. The molecule has 1 radical (unpaired) electrons. The molecule has 0 aliphatic rings. The molecule has 1 amide bonds. The normalized spacial score (nSPS) is 12.3. The first-order valence-electron chi connectivity index (χ1n) is 2.88. The van der Waals surface area contributed by atoms with E-state index in [4.69, 9.17) is 4.74 Å². The van der Waals surface area contributed by atoms with E-state index in [1.807, 2.05) is 0 Å². The lowest BCUT2D eigenvalue weighted by atomic mass is 10.3. The summed E-state index contributed by atoms with van der Waals surface area (Å²) in [6.07, 6.45) is 0.115. The van der Waals surface area contributed by atoms with E-state index in [0.29, 0.717) is 6.42 Å². The molecule has 3 heteroatoms. The molecule has 53 valence electrons. The Balaban J connectivity index is 3.34. The minimum Gasteiger partial charge on any atom is -0.447 e. The molecule has 0 aromatic heterocycles. The Bertz CT molecular complexity index is 93.1. The van der Waals surface area contributed by atoms with Gasteiger partial charge in [0.2, 0.25) is 0 Å². The Hall–Kier alpha value is -0.730. The van der Waals surface area contributed by atoms with E-state index >= 15 is 0 Å². The topological polar surface area (TPSA) is 38.3 Å². The summed E-state index contributed by atoms with van der Waals surface area (Å²) in [5, 5.41) is 2.34. The van der Waals surface area contributed by atoms with Crippen molar-refractivity contribution in [2.45, 2.75) is 19.4 Å². The predicted molar refractivity (Wildman–Crippen MR) is 35.0 cm³/mol. The Labute approximate surface area is 55.4 Å². The first-order valence-corrected chi connectivity index (χ1v) is 2.88. The van der Waals surface area contributed by atoms with Gasteiger partial charge in [-0.25, -0.2) is 4.79 Å². The number of hydrogen-bond donors (Lipinski definition) is 1. The highest BCUT2D eigenvalue weighted by molar-refractivity contribution is 5.66. The van der Waals surface area contributed by atoms with Gasteiger partial charge >= 0.3 is 6.09 Å². The smallest absolute Gasteiger partial charge is 0.407 e. The first-order chi connectivity index (χ1) is 4.20. The highest BCUT2D eigenvalue weighted by atomic mass is 16.6. The van der Waals surface area contributed by atoms with Gasteiger partial charge in [0, 0.05) is 7.05 Å². The second kappa shape index (κ2) is 4.18. The van der Waals surface area contributed by atoms with Crippen molar-refractivity contribution in [2.75, 3.05) is 7.05 Å². The van der Waals surface area contributed by atoms with Crippen molar-refractivity contribution in [2.24, 2.45) is 0 Å². The van der Waals surface area contributed by atoms with Gasteiger partial charge in [-0.2, -0.15) is 0 Å². The number of hydrogen-bond acceptors (Lipinski definition) is 2. The van der Waals surface area contributed by atoms with E-state index in [0.717, 1.165) is 0 Å². The van der Waals surface area contributed by atoms with Crippen molar-refractivity contribution in [3.8, 4) is 0 Å². The van der Waals surface area contributed by atoms with E-state index < -0.39 is 6.09 Å². The number of rotatable bonds is 2. The van der Waals surface area contributed by atoms with Gasteiger partial charge in [0.1, 0.15) is 6.10 Å². The van der Waals surface area contributed by atoms with Crippen LogP contribution in [0.2, 0.25) is 0 Å². The highest BCUT2D eigenvalue weighted by Crippen LogP contribution is 1.94. The molecule has 0 saturated heterocycles. The minimum atomic E-state index is -0.397. The molecule has 0 heterocycles. The SMILES string of the molecule is [CH2]CC(C)OC(=O)NC. The van der Waals surface area contributed by atoms with Gasteiger partial charge in [-0.3, -0.25) is 0 Å². The Morgan fingerprint density at radius 1 is 1.89 bits per heavy atom. The zero-order valence-electron chi connectivity index (χ0n) is 5.81. The summed E-state index contributed by atoms with van der Waals surface area (Å²) < 4.78 is 4.74. The van der Waals surface area contributed by atoms with Crippen molar-refractivity contribution in [3.05, 3.63) is 6.92 Å². The van der Waals surface area contributed by atoms with Crippen LogP contribution in [0.15, 0.2) is 0 Å². The van der Waals surface area contributed by atoms with Crippen LogP contribution >= 0.6 is 0 Å². The summed E-state index contributed by atoms with van der Waals surface area (Å²) in [5.74, 6) is 0. The van der Waals surface area contributed by atoms with Crippen molar-refractivity contribution < 1.29 is 9.53 Å².